The van der Waals surface area contributed by atoms with Crippen LogP contribution in [0.1, 0.15) is 40.8 Å². The largest absolute Gasteiger partial charge is 0.481 e. The molecule has 1 aromatic heterocycles. The van der Waals surface area contributed by atoms with Crippen molar-refractivity contribution in [1.82, 2.24) is 15.1 Å². The molecule has 0 radical (unpaired) electrons. The number of benzene rings is 2. The fourth-order valence-electron chi connectivity index (χ4n) is 4.05. The third-order valence-electron chi connectivity index (χ3n) is 5.66. The zero-order valence-corrected chi connectivity index (χ0v) is 16.8. The summed E-state index contributed by atoms with van der Waals surface area (Å²) in [5.41, 5.74) is 6.00. The number of aryl methyl sites for hydroxylation is 1. The number of nitrogens with one attached hydrogen (secondary N) is 1. The Kier molecular flexibility index (Phi) is 5.27. The molecule has 2 aromatic carbocycles. The molecule has 1 aliphatic rings. The normalized spacial score (nSPS) is 13.4. The van der Waals surface area contributed by atoms with Crippen molar-refractivity contribution in [3.8, 4) is 11.1 Å². The van der Waals surface area contributed by atoms with Gasteiger partial charge in [-0.1, -0.05) is 48.5 Å². The Bertz CT molecular complexity index is 1060. The summed E-state index contributed by atoms with van der Waals surface area (Å²) in [6.07, 6.45) is 0.676. The van der Waals surface area contributed by atoms with Crippen LogP contribution in [0, 0.1) is 6.92 Å². The van der Waals surface area contributed by atoms with Crippen LogP contribution in [0.3, 0.4) is 0 Å². The van der Waals surface area contributed by atoms with E-state index < -0.39 is 18.1 Å². The second kappa shape index (κ2) is 8.02. The Labute approximate surface area is 174 Å². The van der Waals surface area contributed by atoms with E-state index in [2.05, 4.69) is 22.5 Å². The molecule has 0 spiro atoms. The maximum absolute atomic E-state index is 12.6. The van der Waals surface area contributed by atoms with Gasteiger partial charge in [-0.15, -0.1) is 0 Å². The van der Waals surface area contributed by atoms with Crippen molar-refractivity contribution in [2.24, 2.45) is 7.05 Å². The van der Waals surface area contributed by atoms with Crippen molar-refractivity contribution in [3.63, 3.8) is 0 Å². The third-order valence-corrected chi connectivity index (χ3v) is 5.66. The first-order valence-electron chi connectivity index (χ1n) is 9.77. The minimum absolute atomic E-state index is 0.0544. The lowest BCUT2D eigenvalue weighted by Crippen LogP contribution is -2.32. The van der Waals surface area contributed by atoms with Crippen LogP contribution in [0.4, 0.5) is 4.79 Å². The average molecular weight is 405 g/mol. The van der Waals surface area contributed by atoms with Crippen LogP contribution in [0.5, 0.6) is 0 Å². The Morgan fingerprint density at radius 2 is 1.73 bits per heavy atom. The monoisotopic (exact) mass is 405 g/mol. The Morgan fingerprint density at radius 3 is 2.27 bits per heavy atom. The molecule has 0 bridgehead atoms. The highest BCUT2D eigenvalue weighted by atomic mass is 16.5. The number of rotatable bonds is 6. The van der Waals surface area contributed by atoms with Crippen molar-refractivity contribution in [3.05, 3.63) is 77.1 Å². The van der Waals surface area contributed by atoms with Crippen LogP contribution < -0.4 is 5.32 Å². The fourth-order valence-corrected chi connectivity index (χ4v) is 4.05. The lowest BCUT2D eigenvalue weighted by atomic mass is 9.98. The molecule has 0 fully saturated rings. The van der Waals surface area contributed by atoms with Gasteiger partial charge in [-0.25, -0.2) is 4.79 Å². The van der Waals surface area contributed by atoms with Crippen molar-refractivity contribution in [2.45, 2.75) is 25.3 Å². The highest BCUT2D eigenvalue weighted by molar-refractivity contribution is 5.79. The van der Waals surface area contributed by atoms with Crippen LogP contribution >= 0.6 is 0 Å². The summed E-state index contributed by atoms with van der Waals surface area (Å²) >= 11 is 0. The topological polar surface area (TPSA) is 93.5 Å². The number of alkyl carbamates (subject to hydrolysis) is 1. The number of carbonyl (C=O) groups excluding carboxylic acids is 1. The Balaban J connectivity index is 1.49. The second-order valence-electron chi connectivity index (χ2n) is 7.43. The quantitative estimate of drug-likeness (QED) is 0.651. The molecule has 0 saturated heterocycles. The molecule has 1 amide bonds. The third kappa shape index (κ3) is 3.66. The van der Waals surface area contributed by atoms with Gasteiger partial charge in [0.2, 0.25) is 0 Å². The smallest absolute Gasteiger partial charge is 0.407 e. The summed E-state index contributed by atoms with van der Waals surface area (Å²) in [5.74, 6) is -1.07. The first kappa shape index (κ1) is 19.7. The van der Waals surface area contributed by atoms with Gasteiger partial charge in [0.15, 0.2) is 0 Å². The van der Waals surface area contributed by atoms with Crippen LogP contribution in [-0.4, -0.2) is 33.6 Å². The summed E-state index contributed by atoms with van der Waals surface area (Å²) in [4.78, 5) is 23.9. The Morgan fingerprint density at radius 1 is 1.13 bits per heavy atom. The number of fused-ring (bicyclic) bond motifs is 3. The van der Waals surface area contributed by atoms with Crippen LogP contribution in [0.25, 0.3) is 11.1 Å². The van der Waals surface area contributed by atoms with Gasteiger partial charge in [0.1, 0.15) is 6.61 Å². The zero-order valence-electron chi connectivity index (χ0n) is 16.8. The number of amides is 1. The van der Waals surface area contributed by atoms with Crippen molar-refractivity contribution in [1.29, 1.82) is 0 Å². The predicted molar refractivity (Wildman–Crippen MR) is 111 cm³/mol. The number of ether oxygens (including phenoxy) is 1. The van der Waals surface area contributed by atoms with E-state index in [1.165, 1.54) is 0 Å². The molecule has 154 valence electrons. The average Bonchev–Trinajstić information content (AvgIpc) is 3.23. The number of hydrogen-bond acceptors (Lipinski definition) is 4. The minimum atomic E-state index is -1.01. The van der Waals surface area contributed by atoms with Gasteiger partial charge in [-0.2, -0.15) is 5.10 Å². The summed E-state index contributed by atoms with van der Waals surface area (Å²) < 4.78 is 7.19. The van der Waals surface area contributed by atoms with E-state index in [1.54, 1.807) is 17.9 Å². The molecule has 7 heteroatoms. The number of carboxylic acid groups (broad SMARTS) is 1. The number of aliphatic carboxylic acids is 1. The highest BCUT2D eigenvalue weighted by Crippen LogP contribution is 2.44. The van der Waals surface area contributed by atoms with E-state index >= 15 is 0 Å². The van der Waals surface area contributed by atoms with E-state index in [9.17, 15) is 14.7 Å². The van der Waals surface area contributed by atoms with E-state index in [4.69, 9.17) is 4.74 Å². The molecule has 0 saturated carbocycles. The molecule has 0 aliphatic heterocycles. The minimum Gasteiger partial charge on any atom is -0.481 e. The van der Waals surface area contributed by atoms with Gasteiger partial charge in [0.25, 0.3) is 0 Å². The highest BCUT2D eigenvalue weighted by Gasteiger charge is 2.29. The lowest BCUT2D eigenvalue weighted by Gasteiger charge is -2.19. The molecular weight excluding hydrogens is 382 g/mol. The number of aromatic nitrogens is 2. The lowest BCUT2D eigenvalue weighted by molar-refractivity contribution is -0.137. The van der Waals surface area contributed by atoms with Gasteiger partial charge in [0, 0.05) is 24.2 Å². The number of carboxylic acids is 1. The predicted octanol–water partition coefficient (Wildman–Crippen LogP) is 3.78. The zero-order chi connectivity index (χ0) is 21.3. The number of carbonyl (C=O) groups is 2. The number of nitrogens with zero attached hydrogens (tertiary/aromatic N) is 2. The summed E-state index contributed by atoms with van der Waals surface area (Å²) in [7, 11) is 1.77. The molecular formula is C23H23N3O4. The van der Waals surface area contributed by atoms with Crippen molar-refractivity contribution < 1.29 is 19.4 Å². The van der Waals surface area contributed by atoms with Gasteiger partial charge in [0.05, 0.1) is 18.7 Å². The molecule has 2 N–H and O–H groups in total. The van der Waals surface area contributed by atoms with Gasteiger partial charge in [-0.3, -0.25) is 9.48 Å². The van der Waals surface area contributed by atoms with E-state index in [0.29, 0.717) is 5.56 Å². The summed E-state index contributed by atoms with van der Waals surface area (Å²) in [6, 6.07) is 15.5. The van der Waals surface area contributed by atoms with Gasteiger partial charge >= 0.3 is 12.1 Å². The maximum Gasteiger partial charge on any atom is 0.407 e. The standard InChI is InChI=1S/C23H23N3O4/c1-14-19(12-24-26(14)2)21(11-22(27)28)25-23(29)30-13-20-17-9-5-3-7-15(17)16-8-4-6-10-18(16)20/h3-10,12,20-21H,11,13H2,1-2H3,(H,25,29)(H,27,28)/t21-/m0/s1. The van der Waals surface area contributed by atoms with Gasteiger partial charge < -0.3 is 15.2 Å². The fraction of sp³-hybridized carbons (Fsp3) is 0.261. The molecule has 1 heterocycles. The van der Waals surface area contributed by atoms with Crippen molar-refractivity contribution in [2.75, 3.05) is 6.61 Å². The first-order valence-corrected chi connectivity index (χ1v) is 9.77. The van der Waals surface area contributed by atoms with Crippen LogP contribution in [0.15, 0.2) is 54.7 Å². The molecule has 0 unspecified atom stereocenters. The first-order chi connectivity index (χ1) is 14.5. The second-order valence-corrected chi connectivity index (χ2v) is 7.43. The van der Waals surface area contributed by atoms with Crippen LogP contribution in [0.2, 0.25) is 0 Å². The summed E-state index contributed by atoms with van der Waals surface area (Å²) in [5, 5.41) is 16.1. The summed E-state index contributed by atoms with van der Waals surface area (Å²) in [6.45, 7) is 2.00. The van der Waals surface area contributed by atoms with Crippen LogP contribution in [-0.2, 0) is 16.6 Å². The maximum atomic E-state index is 12.6. The molecule has 7 nitrogen and oxygen atoms in total. The van der Waals surface area contributed by atoms with E-state index in [1.807, 2.05) is 43.3 Å². The number of hydrogen-bond donors (Lipinski definition) is 2. The van der Waals surface area contributed by atoms with Crippen molar-refractivity contribution >= 4 is 12.1 Å². The van der Waals surface area contributed by atoms with E-state index in [0.717, 1.165) is 27.9 Å². The SMILES string of the molecule is Cc1c([C@H](CC(=O)O)NC(=O)OCC2c3ccccc3-c3ccccc32)cnn1C. The van der Waals surface area contributed by atoms with Gasteiger partial charge in [-0.05, 0) is 29.2 Å². The molecule has 1 atom stereocenters. The molecule has 30 heavy (non-hydrogen) atoms. The molecule has 3 aromatic rings. The molecule has 4 rings (SSSR count). The molecule has 1 aliphatic carbocycles. The van der Waals surface area contributed by atoms with E-state index in [-0.39, 0.29) is 18.9 Å². The Hall–Kier alpha value is -3.61.